The van der Waals surface area contributed by atoms with Crippen LogP contribution in [0, 0.1) is 21.4 Å². The topological polar surface area (TPSA) is 189 Å². The van der Waals surface area contributed by atoms with Gasteiger partial charge in [0.1, 0.15) is 34.4 Å². The normalized spacial score (nSPS) is 24.3. The summed E-state index contributed by atoms with van der Waals surface area (Å²) in [5.41, 5.74) is 3.12. The average Bonchev–Trinajstić information content (AvgIpc) is 3.69. The number of nitro benzene ring substituents is 1. The van der Waals surface area contributed by atoms with Crippen molar-refractivity contribution in [3.05, 3.63) is 105 Å². The number of rotatable bonds is 11. The van der Waals surface area contributed by atoms with Gasteiger partial charge in [0.05, 0.1) is 51.5 Å². The molecule has 0 unspecified atom stereocenters. The number of nitrogens with one attached hydrogen (secondary N) is 2. The lowest BCUT2D eigenvalue weighted by Gasteiger charge is -2.57. The molecule has 18 heteroatoms. The Morgan fingerprint density at radius 1 is 1.06 bits per heavy atom. The molecule has 3 aromatic carbocycles. The molecular weight excluding hydrogens is 928 g/mol. The number of sulfonamides is 1. The number of morpholine rings is 1. The first-order valence-electron chi connectivity index (χ1n) is 23.6. The van der Waals surface area contributed by atoms with Crippen molar-refractivity contribution >= 4 is 61.7 Å². The summed E-state index contributed by atoms with van der Waals surface area (Å²) >= 11 is 7.73. The number of halogens is 1. The summed E-state index contributed by atoms with van der Waals surface area (Å²) in [5.74, 6) is 0.0505. The third-order valence-corrected chi connectivity index (χ3v) is 18.2. The number of hydrogen-bond donors (Lipinski definition) is 3. The molecule has 3 N–H and O–H groups in total. The van der Waals surface area contributed by atoms with E-state index in [-0.39, 0.29) is 56.9 Å². The fourth-order valence-corrected chi connectivity index (χ4v) is 13.7. The van der Waals surface area contributed by atoms with Crippen LogP contribution in [-0.2, 0) is 14.8 Å². The first-order chi connectivity index (χ1) is 32.6. The number of nitrogens with zero attached hydrogens (tertiary/aromatic N) is 4. The molecule has 1 amide bonds. The SMILES string of the molecule is CC(C)c1ccccc1[C@H]1COCCN1C1CC2(CCN(c3ccc(C(=O)NS(=O)(=O)c4cc5c(c([N+](=O)[O-])c4)S[C@@H](C4CCC(C)(O)CC4)CO5)c(Oc4cnc5[nH]cc(Cl)c5c4)c3)CC2)C1. The highest BCUT2D eigenvalue weighted by Crippen LogP contribution is 2.54. The Morgan fingerprint density at radius 3 is 2.57 bits per heavy atom. The molecule has 10 rings (SSSR count). The van der Waals surface area contributed by atoms with Crippen LogP contribution < -0.4 is 19.1 Å². The van der Waals surface area contributed by atoms with E-state index in [0.29, 0.717) is 47.5 Å². The summed E-state index contributed by atoms with van der Waals surface area (Å²) in [7, 11) is -4.67. The number of amides is 1. The zero-order valence-corrected chi connectivity index (χ0v) is 40.8. The molecule has 2 aromatic heterocycles. The molecule has 2 saturated carbocycles. The van der Waals surface area contributed by atoms with E-state index in [1.807, 2.05) is 6.92 Å². The maximum Gasteiger partial charge on any atom is 0.288 e. The largest absolute Gasteiger partial charge is 0.491 e. The van der Waals surface area contributed by atoms with Crippen molar-refractivity contribution in [3.63, 3.8) is 0 Å². The van der Waals surface area contributed by atoms with Crippen molar-refractivity contribution in [2.24, 2.45) is 11.3 Å². The van der Waals surface area contributed by atoms with Crippen LogP contribution in [0.5, 0.6) is 17.2 Å². The van der Waals surface area contributed by atoms with Crippen LogP contribution in [0.25, 0.3) is 11.0 Å². The molecule has 0 radical (unpaired) electrons. The van der Waals surface area contributed by atoms with E-state index in [1.54, 1.807) is 30.5 Å². The van der Waals surface area contributed by atoms with Gasteiger partial charge in [-0.15, -0.1) is 11.8 Å². The number of aliphatic hydroxyl groups is 1. The van der Waals surface area contributed by atoms with Crippen molar-refractivity contribution in [2.45, 2.75) is 111 Å². The highest BCUT2D eigenvalue weighted by atomic mass is 35.5. The molecule has 15 nitrogen and oxygen atoms in total. The minimum Gasteiger partial charge on any atom is -0.491 e. The van der Waals surface area contributed by atoms with Gasteiger partial charge >= 0.3 is 0 Å². The van der Waals surface area contributed by atoms with Crippen LogP contribution in [0.1, 0.15) is 106 Å². The fraction of sp³-hybridized carbons (Fsp3) is 0.480. The minimum absolute atomic E-state index is 0.0641. The zero-order chi connectivity index (χ0) is 47.5. The molecule has 360 valence electrons. The number of H-pyrrole nitrogens is 1. The van der Waals surface area contributed by atoms with E-state index in [4.69, 9.17) is 25.8 Å². The summed E-state index contributed by atoms with van der Waals surface area (Å²) in [4.78, 5) is 38.1. The number of thioether (sulfide) groups is 1. The summed E-state index contributed by atoms with van der Waals surface area (Å²) in [6.07, 6.45) is 10.1. The standard InChI is InChI=1S/C50H57ClN6O9S2/c1-30(2)36-6-4-5-7-37(36)42-28-64-19-18-56(42)33-24-50(25-33)14-16-55(17-15-50)32-8-9-38(43(20-32)66-34-21-39-40(51)27-53-47(39)52-26-34)48(58)54-68(62,63)35-22-41(57(60)61)46-44(23-35)65-29-45(67-46)31-10-12-49(3,59)13-11-31/h4-9,20-23,26-27,30-31,33,42,45,59H,10-19,24-25,28-29H2,1-3H3,(H,52,53)(H,54,58)/t31?,42-,45-,49?/m1/s1. The smallest absolute Gasteiger partial charge is 0.288 e. The molecule has 2 saturated heterocycles. The number of fused-ring (bicyclic) bond motifs is 2. The molecule has 5 aliphatic rings. The predicted octanol–water partition coefficient (Wildman–Crippen LogP) is 9.78. The van der Waals surface area contributed by atoms with E-state index in [0.717, 1.165) is 76.5 Å². The lowest BCUT2D eigenvalue weighted by molar-refractivity contribution is -0.388. The van der Waals surface area contributed by atoms with Crippen molar-refractivity contribution < 1.29 is 37.5 Å². The molecule has 3 aliphatic heterocycles. The highest BCUT2D eigenvalue weighted by molar-refractivity contribution is 8.00. The van der Waals surface area contributed by atoms with Gasteiger partial charge in [0, 0.05) is 66.4 Å². The Kier molecular flexibility index (Phi) is 12.7. The molecule has 2 atom stereocenters. The van der Waals surface area contributed by atoms with Gasteiger partial charge in [-0.25, -0.2) is 18.1 Å². The van der Waals surface area contributed by atoms with Crippen LogP contribution >= 0.6 is 23.4 Å². The minimum atomic E-state index is -4.67. The van der Waals surface area contributed by atoms with Gasteiger partial charge in [0.15, 0.2) is 0 Å². The fourth-order valence-electron chi connectivity index (χ4n) is 11.1. The van der Waals surface area contributed by atoms with E-state index in [9.17, 15) is 28.4 Å². The van der Waals surface area contributed by atoms with Crippen LogP contribution in [-0.4, -0.2) is 95.6 Å². The maximum absolute atomic E-state index is 14.2. The first kappa shape index (κ1) is 46.8. The molecule has 68 heavy (non-hydrogen) atoms. The number of pyridine rings is 1. The Balaban J connectivity index is 0.864. The molecule has 2 aliphatic carbocycles. The first-order valence-corrected chi connectivity index (χ1v) is 26.3. The van der Waals surface area contributed by atoms with E-state index in [2.05, 4.69) is 62.6 Å². The summed E-state index contributed by atoms with van der Waals surface area (Å²) in [5, 5.41) is 23.8. The van der Waals surface area contributed by atoms with Gasteiger partial charge in [-0.3, -0.25) is 19.8 Å². The van der Waals surface area contributed by atoms with E-state index in [1.165, 1.54) is 35.2 Å². The number of anilines is 1. The average molecular weight is 986 g/mol. The molecule has 5 aromatic rings. The van der Waals surface area contributed by atoms with Crippen molar-refractivity contribution in [2.75, 3.05) is 44.4 Å². The highest BCUT2D eigenvalue weighted by Gasteiger charge is 2.50. The lowest BCUT2D eigenvalue weighted by atomic mass is 9.59. The van der Waals surface area contributed by atoms with Gasteiger partial charge in [0.25, 0.3) is 21.6 Å². The number of benzene rings is 3. The number of carbonyl (C=O) groups is 1. The number of ether oxygens (including phenoxy) is 3. The third kappa shape index (κ3) is 9.29. The second kappa shape index (κ2) is 18.4. The summed E-state index contributed by atoms with van der Waals surface area (Å²) in [6, 6.07) is 18.5. The quantitative estimate of drug-likeness (QED) is 0.0839. The van der Waals surface area contributed by atoms with Crippen LogP contribution in [0.4, 0.5) is 11.4 Å². The molecule has 4 fully saturated rings. The van der Waals surface area contributed by atoms with Crippen LogP contribution in [0.3, 0.4) is 0 Å². The number of nitro groups is 1. The van der Waals surface area contributed by atoms with Crippen LogP contribution in [0.2, 0.25) is 5.02 Å². The molecule has 0 bridgehead atoms. The summed E-state index contributed by atoms with van der Waals surface area (Å²) in [6.45, 7) is 10.5. The van der Waals surface area contributed by atoms with Crippen LogP contribution in [0.15, 0.2) is 82.8 Å². The predicted molar refractivity (Wildman–Crippen MR) is 261 cm³/mol. The third-order valence-electron chi connectivity index (χ3n) is 15.1. The van der Waals surface area contributed by atoms with Gasteiger partial charge in [-0.05, 0) is 105 Å². The Hall–Kier alpha value is -4.91. The lowest BCUT2D eigenvalue weighted by Crippen LogP contribution is -2.58. The van der Waals surface area contributed by atoms with Crippen molar-refractivity contribution in [1.82, 2.24) is 19.6 Å². The number of piperidine rings is 1. The number of carbonyl (C=O) groups excluding carboxylic acids is 1. The molecule has 5 heterocycles. The van der Waals surface area contributed by atoms with Gasteiger partial charge in [-0.2, -0.15) is 0 Å². The Bertz CT molecular complexity index is 2850. The van der Waals surface area contributed by atoms with E-state index >= 15 is 0 Å². The van der Waals surface area contributed by atoms with Gasteiger partial charge in [0.2, 0.25) is 0 Å². The molecular formula is C50H57ClN6O9S2. The summed E-state index contributed by atoms with van der Waals surface area (Å²) < 4.78 is 48.6. The number of aromatic nitrogens is 2. The number of aromatic amines is 1. The maximum atomic E-state index is 14.2. The number of hydrogen-bond acceptors (Lipinski definition) is 13. The van der Waals surface area contributed by atoms with Crippen molar-refractivity contribution in [1.29, 1.82) is 0 Å². The second-order valence-corrected chi connectivity index (χ2v) is 23.2. The van der Waals surface area contributed by atoms with Crippen molar-refractivity contribution in [3.8, 4) is 17.2 Å². The second-order valence-electron chi connectivity index (χ2n) is 19.9. The van der Waals surface area contributed by atoms with Gasteiger partial charge in [-0.1, -0.05) is 49.7 Å². The molecule has 1 spiro atoms. The monoisotopic (exact) mass is 984 g/mol. The van der Waals surface area contributed by atoms with Gasteiger partial charge < -0.3 is 29.2 Å². The van der Waals surface area contributed by atoms with E-state index < -0.39 is 37.0 Å². The Morgan fingerprint density at radius 2 is 1.82 bits per heavy atom. The Labute approximate surface area is 405 Å². The zero-order valence-electron chi connectivity index (χ0n) is 38.4.